The van der Waals surface area contributed by atoms with Crippen molar-refractivity contribution in [3.63, 3.8) is 0 Å². The quantitative estimate of drug-likeness (QED) is 0.765. The highest BCUT2D eigenvalue weighted by atomic mass is 19.1. The second kappa shape index (κ2) is 6.00. The fourth-order valence-electron chi connectivity index (χ4n) is 1.75. The summed E-state index contributed by atoms with van der Waals surface area (Å²) in [4.78, 5) is 23.3. The van der Waals surface area contributed by atoms with Crippen molar-refractivity contribution in [2.45, 2.75) is 33.2 Å². The molecule has 5 nitrogen and oxygen atoms in total. The maximum Gasteiger partial charge on any atom is 0.248 e. The summed E-state index contributed by atoms with van der Waals surface area (Å²) in [5, 5.41) is 5.64. The molecule has 4 N–H and O–H groups in total. The van der Waals surface area contributed by atoms with E-state index in [0.717, 1.165) is 6.07 Å². The standard InChI is InChI=1S/C14H20FN3O2/c1-5-17-14(3,4)13(20)18-11-7-9(12(16)19)6-10(15)8(11)2/h6-7,17H,5H2,1-4H3,(H2,16,19)(H,18,20). The van der Waals surface area contributed by atoms with Crippen molar-refractivity contribution in [1.29, 1.82) is 0 Å². The van der Waals surface area contributed by atoms with Gasteiger partial charge in [-0.1, -0.05) is 6.92 Å². The van der Waals surface area contributed by atoms with Crippen molar-refractivity contribution < 1.29 is 14.0 Å². The van der Waals surface area contributed by atoms with Gasteiger partial charge in [0.25, 0.3) is 0 Å². The molecule has 0 spiro atoms. The number of nitrogens with two attached hydrogens (primary N) is 1. The maximum atomic E-state index is 13.7. The molecule has 0 aliphatic rings. The fourth-order valence-corrected chi connectivity index (χ4v) is 1.75. The third kappa shape index (κ3) is 3.54. The molecule has 0 bridgehead atoms. The predicted octanol–water partition coefficient (Wildman–Crippen LogP) is 1.56. The molecule has 0 saturated carbocycles. The van der Waals surface area contributed by atoms with E-state index < -0.39 is 17.3 Å². The number of rotatable bonds is 5. The molecule has 6 heteroatoms. The van der Waals surface area contributed by atoms with Gasteiger partial charge in [-0.15, -0.1) is 0 Å². The summed E-state index contributed by atoms with van der Waals surface area (Å²) in [7, 11) is 0. The molecule has 2 amide bonds. The van der Waals surface area contributed by atoms with Crippen LogP contribution in [0.4, 0.5) is 10.1 Å². The van der Waals surface area contributed by atoms with Crippen molar-refractivity contribution in [2.24, 2.45) is 5.73 Å². The number of hydrogen-bond acceptors (Lipinski definition) is 3. The lowest BCUT2D eigenvalue weighted by molar-refractivity contribution is -0.121. The number of hydrogen-bond donors (Lipinski definition) is 3. The van der Waals surface area contributed by atoms with Gasteiger partial charge in [0.05, 0.1) is 5.54 Å². The molecule has 20 heavy (non-hydrogen) atoms. The third-order valence-electron chi connectivity index (χ3n) is 3.06. The summed E-state index contributed by atoms with van der Waals surface area (Å²) < 4.78 is 13.7. The Morgan fingerprint density at radius 2 is 1.95 bits per heavy atom. The lowest BCUT2D eigenvalue weighted by Crippen LogP contribution is -2.49. The van der Waals surface area contributed by atoms with Crippen molar-refractivity contribution in [2.75, 3.05) is 11.9 Å². The molecule has 0 heterocycles. The number of nitrogens with one attached hydrogen (secondary N) is 2. The number of benzene rings is 1. The van der Waals surface area contributed by atoms with E-state index in [1.165, 1.54) is 13.0 Å². The van der Waals surface area contributed by atoms with Crippen LogP contribution >= 0.6 is 0 Å². The molecule has 0 aliphatic carbocycles. The highest BCUT2D eigenvalue weighted by molar-refractivity contribution is 6.00. The Hall–Kier alpha value is -1.95. The van der Waals surface area contributed by atoms with Gasteiger partial charge in [0.2, 0.25) is 11.8 Å². The molecule has 1 aromatic carbocycles. The van der Waals surface area contributed by atoms with E-state index in [2.05, 4.69) is 10.6 Å². The summed E-state index contributed by atoms with van der Waals surface area (Å²) in [5.41, 5.74) is 4.85. The van der Waals surface area contributed by atoms with Gasteiger partial charge in [-0.25, -0.2) is 4.39 Å². The van der Waals surface area contributed by atoms with Gasteiger partial charge in [-0.05, 0) is 39.4 Å². The number of amides is 2. The smallest absolute Gasteiger partial charge is 0.248 e. The molecule has 1 aromatic rings. The molecular formula is C14H20FN3O2. The first kappa shape index (κ1) is 16.1. The number of carbonyl (C=O) groups excluding carboxylic acids is 2. The number of halogens is 1. The van der Waals surface area contributed by atoms with Crippen LogP contribution in [0.2, 0.25) is 0 Å². The van der Waals surface area contributed by atoms with Gasteiger partial charge < -0.3 is 16.4 Å². The van der Waals surface area contributed by atoms with Crippen molar-refractivity contribution >= 4 is 17.5 Å². The first-order chi connectivity index (χ1) is 9.19. The van der Waals surface area contributed by atoms with E-state index in [1.807, 2.05) is 6.92 Å². The van der Waals surface area contributed by atoms with Crippen LogP contribution in [0.5, 0.6) is 0 Å². The second-order valence-electron chi connectivity index (χ2n) is 5.10. The van der Waals surface area contributed by atoms with Gasteiger partial charge in [0.1, 0.15) is 5.82 Å². The molecule has 0 fully saturated rings. The summed E-state index contributed by atoms with van der Waals surface area (Å²) in [5.74, 6) is -1.65. The van der Waals surface area contributed by atoms with Gasteiger partial charge in [-0.2, -0.15) is 0 Å². The molecular weight excluding hydrogens is 261 g/mol. The van der Waals surface area contributed by atoms with E-state index in [0.29, 0.717) is 6.54 Å². The van der Waals surface area contributed by atoms with E-state index in [9.17, 15) is 14.0 Å². The zero-order valence-corrected chi connectivity index (χ0v) is 12.1. The molecule has 0 aliphatic heterocycles. The molecule has 1 rings (SSSR count). The minimum Gasteiger partial charge on any atom is -0.366 e. The average Bonchev–Trinajstić information content (AvgIpc) is 2.34. The van der Waals surface area contributed by atoms with Crippen LogP contribution in [-0.2, 0) is 4.79 Å². The normalized spacial score (nSPS) is 11.2. The SMILES string of the molecule is CCNC(C)(C)C(=O)Nc1cc(C(N)=O)cc(F)c1C. The predicted molar refractivity (Wildman–Crippen MR) is 76.0 cm³/mol. The number of primary amides is 1. The molecule has 0 aromatic heterocycles. The number of carbonyl (C=O) groups is 2. The van der Waals surface area contributed by atoms with E-state index in [1.54, 1.807) is 13.8 Å². The van der Waals surface area contributed by atoms with Crippen LogP contribution in [0.3, 0.4) is 0 Å². The second-order valence-corrected chi connectivity index (χ2v) is 5.10. The topological polar surface area (TPSA) is 84.2 Å². The van der Waals surface area contributed by atoms with Crippen LogP contribution in [0.1, 0.15) is 36.7 Å². The van der Waals surface area contributed by atoms with Crippen LogP contribution in [0, 0.1) is 12.7 Å². The van der Waals surface area contributed by atoms with Crippen LogP contribution in [-0.4, -0.2) is 23.9 Å². The molecule has 0 unspecified atom stereocenters. The first-order valence-corrected chi connectivity index (χ1v) is 6.35. The average molecular weight is 281 g/mol. The van der Waals surface area contributed by atoms with Gasteiger partial charge in [0.15, 0.2) is 0 Å². The Bertz CT molecular complexity index is 541. The van der Waals surface area contributed by atoms with Crippen molar-refractivity contribution in [3.05, 3.63) is 29.1 Å². The Kier molecular flexibility index (Phi) is 4.83. The van der Waals surface area contributed by atoms with Gasteiger partial charge in [-0.3, -0.25) is 9.59 Å². The third-order valence-corrected chi connectivity index (χ3v) is 3.06. The monoisotopic (exact) mass is 281 g/mol. The Morgan fingerprint density at radius 3 is 2.45 bits per heavy atom. The molecule has 0 saturated heterocycles. The van der Waals surface area contributed by atoms with Crippen LogP contribution in [0.15, 0.2) is 12.1 Å². The summed E-state index contributed by atoms with van der Waals surface area (Å²) in [6.07, 6.45) is 0. The minimum absolute atomic E-state index is 0.0182. The number of anilines is 1. The molecule has 0 radical (unpaired) electrons. The Balaban J connectivity index is 3.09. The maximum absolute atomic E-state index is 13.7. The molecule has 110 valence electrons. The minimum atomic E-state index is -0.805. The summed E-state index contributed by atoms with van der Waals surface area (Å²) in [6, 6.07) is 2.43. The summed E-state index contributed by atoms with van der Waals surface area (Å²) in [6.45, 7) is 7.46. The zero-order chi connectivity index (χ0) is 15.5. The highest BCUT2D eigenvalue weighted by Crippen LogP contribution is 2.21. The zero-order valence-electron chi connectivity index (χ0n) is 12.1. The van der Waals surface area contributed by atoms with E-state index >= 15 is 0 Å². The largest absolute Gasteiger partial charge is 0.366 e. The number of likely N-dealkylation sites (N-methyl/N-ethyl adjacent to an activating group) is 1. The van der Waals surface area contributed by atoms with Gasteiger partial charge in [0, 0.05) is 16.8 Å². The lowest BCUT2D eigenvalue weighted by Gasteiger charge is -2.25. The van der Waals surface area contributed by atoms with E-state index in [-0.39, 0.29) is 22.7 Å². The highest BCUT2D eigenvalue weighted by Gasteiger charge is 2.27. The summed E-state index contributed by atoms with van der Waals surface area (Å²) >= 11 is 0. The van der Waals surface area contributed by atoms with E-state index in [4.69, 9.17) is 5.73 Å². The fraction of sp³-hybridized carbons (Fsp3) is 0.429. The van der Waals surface area contributed by atoms with Crippen molar-refractivity contribution in [1.82, 2.24) is 5.32 Å². The van der Waals surface area contributed by atoms with Crippen molar-refractivity contribution in [3.8, 4) is 0 Å². The first-order valence-electron chi connectivity index (χ1n) is 6.35. The lowest BCUT2D eigenvalue weighted by atomic mass is 10.0. The van der Waals surface area contributed by atoms with Crippen LogP contribution < -0.4 is 16.4 Å². The van der Waals surface area contributed by atoms with Gasteiger partial charge >= 0.3 is 0 Å². The van der Waals surface area contributed by atoms with Crippen LogP contribution in [0.25, 0.3) is 0 Å². The molecule has 0 atom stereocenters. The Morgan fingerprint density at radius 1 is 1.35 bits per heavy atom. The Labute approximate surface area is 117 Å².